The molecule has 3 aromatic rings. The van der Waals surface area contributed by atoms with Crippen LogP contribution in [0, 0.1) is 0 Å². The molecule has 0 saturated heterocycles. The molecule has 3 rings (SSSR count). The number of ether oxygens (including phenoxy) is 1. The zero-order chi connectivity index (χ0) is 19.6. The van der Waals surface area contributed by atoms with Gasteiger partial charge in [-0.15, -0.1) is 0 Å². The normalized spacial score (nSPS) is 10.3. The van der Waals surface area contributed by atoms with E-state index in [0.29, 0.717) is 6.61 Å². The summed E-state index contributed by atoms with van der Waals surface area (Å²) in [6, 6.07) is 25.5. The van der Waals surface area contributed by atoms with Crippen molar-refractivity contribution < 1.29 is 9.53 Å². The van der Waals surface area contributed by atoms with Crippen LogP contribution in [0.5, 0.6) is 5.75 Å². The maximum atomic E-state index is 12.2. The topological polar surface area (TPSA) is 50.4 Å². The van der Waals surface area contributed by atoms with Crippen LogP contribution in [-0.4, -0.2) is 19.1 Å². The van der Waals surface area contributed by atoms with E-state index >= 15 is 0 Å². The molecule has 1 amide bonds. The van der Waals surface area contributed by atoms with E-state index in [1.54, 1.807) is 0 Å². The van der Waals surface area contributed by atoms with Gasteiger partial charge in [0.25, 0.3) is 0 Å². The second-order valence-corrected chi connectivity index (χ2v) is 7.20. The Morgan fingerprint density at radius 2 is 1.71 bits per heavy atom. The lowest BCUT2D eigenvalue weighted by Crippen LogP contribution is -2.21. The number of hydrogen-bond donors (Lipinski definition) is 2. The largest absolute Gasteiger partial charge is 0.494 e. The maximum Gasteiger partial charge on any atom is 0.243 e. The Kier molecular flexibility index (Phi) is 7.50. The SMILES string of the molecule is O=C(CNc1ccccc1Br)Nc1cccc(OCCCc2ccccc2)c1. The molecule has 0 aliphatic carbocycles. The predicted molar refractivity (Wildman–Crippen MR) is 118 cm³/mol. The molecule has 0 radical (unpaired) electrons. The molecule has 2 N–H and O–H groups in total. The van der Waals surface area contributed by atoms with Gasteiger partial charge in [0.1, 0.15) is 5.75 Å². The van der Waals surface area contributed by atoms with Gasteiger partial charge in [0.05, 0.1) is 13.2 Å². The van der Waals surface area contributed by atoms with Crippen molar-refractivity contribution in [3.05, 3.63) is 88.9 Å². The van der Waals surface area contributed by atoms with Gasteiger partial charge in [-0.3, -0.25) is 4.79 Å². The van der Waals surface area contributed by atoms with Crippen molar-refractivity contribution in [2.45, 2.75) is 12.8 Å². The molecular weight excluding hydrogens is 416 g/mol. The third-order valence-corrected chi connectivity index (χ3v) is 4.84. The van der Waals surface area contributed by atoms with Crippen molar-refractivity contribution in [2.24, 2.45) is 0 Å². The molecule has 0 fully saturated rings. The fraction of sp³-hybridized carbons (Fsp3) is 0.174. The molecular formula is C23H23BrN2O2. The fourth-order valence-electron chi connectivity index (χ4n) is 2.76. The van der Waals surface area contributed by atoms with Gasteiger partial charge in [-0.05, 0) is 58.6 Å². The lowest BCUT2D eigenvalue weighted by molar-refractivity contribution is -0.114. The summed E-state index contributed by atoms with van der Waals surface area (Å²) in [6.45, 7) is 0.820. The Morgan fingerprint density at radius 1 is 0.929 bits per heavy atom. The molecule has 144 valence electrons. The average Bonchev–Trinajstić information content (AvgIpc) is 2.72. The number of carbonyl (C=O) groups is 1. The Morgan fingerprint density at radius 3 is 2.54 bits per heavy atom. The first kappa shape index (κ1) is 20.0. The van der Waals surface area contributed by atoms with Crippen LogP contribution in [0.2, 0.25) is 0 Å². The molecule has 0 saturated carbocycles. The van der Waals surface area contributed by atoms with Crippen LogP contribution in [0.3, 0.4) is 0 Å². The van der Waals surface area contributed by atoms with Crippen LogP contribution in [-0.2, 0) is 11.2 Å². The monoisotopic (exact) mass is 438 g/mol. The number of para-hydroxylation sites is 1. The molecule has 28 heavy (non-hydrogen) atoms. The van der Waals surface area contributed by atoms with Crippen molar-refractivity contribution in [2.75, 3.05) is 23.8 Å². The summed E-state index contributed by atoms with van der Waals surface area (Å²) in [5, 5.41) is 6.01. The smallest absolute Gasteiger partial charge is 0.243 e. The maximum absolute atomic E-state index is 12.2. The predicted octanol–water partition coefficient (Wildman–Crippen LogP) is 5.51. The van der Waals surface area contributed by atoms with Gasteiger partial charge in [0.15, 0.2) is 0 Å². The standard InChI is InChI=1S/C23H23BrN2O2/c24-21-13-4-5-14-22(21)25-17-23(27)26-19-11-6-12-20(16-19)28-15-7-10-18-8-2-1-3-9-18/h1-6,8-9,11-14,16,25H,7,10,15,17H2,(H,26,27). The van der Waals surface area contributed by atoms with E-state index in [1.165, 1.54) is 5.56 Å². The van der Waals surface area contributed by atoms with Crippen LogP contribution < -0.4 is 15.4 Å². The molecule has 0 bridgehead atoms. The van der Waals surface area contributed by atoms with E-state index in [9.17, 15) is 4.79 Å². The minimum atomic E-state index is -0.114. The minimum absolute atomic E-state index is 0.114. The second kappa shape index (κ2) is 10.5. The van der Waals surface area contributed by atoms with E-state index < -0.39 is 0 Å². The first-order chi connectivity index (χ1) is 13.7. The average molecular weight is 439 g/mol. The van der Waals surface area contributed by atoms with Gasteiger partial charge in [-0.2, -0.15) is 0 Å². The van der Waals surface area contributed by atoms with Gasteiger partial charge in [0.2, 0.25) is 5.91 Å². The highest BCUT2D eigenvalue weighted by Gasteiger charge is 2.05. The summed E-state index contributed by atoms with van der Waals surface area (Å²) >= 11 is 3.46. The van der Waals surface area contributed by atoms with Crippen molar-refractivity contribution in [3.8, 4) is 5.75 Å². The van der Waals surface area contributed by atoms with E-state index in [0.717, 1.165) is 34.4 Å². The molecule has 0 atom stereocenters. The molecule has 4 nitrogen and oxygen atoms in total. The number of anilines is 2. The van der Waals surface area contributed by atoms with E-state index in [2.05, 4.69) is 38.7 Å². The number of benzene rings is 3. The van der Waals surface area contributed by atoms with Gasteiger partial charge in [-0.1, -0.05) is 48.5 Å². The third-order valence-electron chi connectivity index (χ3n) is 4.15. The molecule has 0 aliphatic rings. The Hall–Kier alpha value is -2.79. The van der Waals surface area contributed by atoms with Crippen molar-refractivity contribution in [1.29, 1.82) is 0 Å². The summed E-state index contributed by atoms with van der Waals surface area (Å²) in [4.78, 5) is 12.2. The van der Waals surface area contributed by atoms with Crippen LogP contribution in [0.25, 0.3) is 0 Å². The molecule has 3 aromatic carbocycles. The highest BCUT2D eigenvalue weighted by molar-refractivity contribution is 9.10. The summed E-state index contributed by atoms with van der Waals surface area (Å²) in [7, 11) is 0. The van der Waals surface area contributed by atoms with Gasteiger partial charge in [-0.25, -0.2) is 0 Å². The van der Waals surface area contributed by atoms with Crippen LogP contribution in [0.1, 0.15) is 12.0 Å². The Balaban J connectivity index is 1.43. The van der Waals surface area contributed by atoms with Gasteiger partial charge in [0, 0.05) is 21.9 Å². The molecule has 0 aliphatic heterocycles. The van der Waals surface area contributed by atoms with Crippen molar-refractivity contribution in [3.63, 3.8) is 0 Å². The van der Waals surface area contributed by atoms with Crippen LogP contribution in [0.4, 0.5) is 11.4 Å². The molecule has 0 heterocycles. The number of hydrogen-bond acceptors (Lipinski definition) is 3. The zero-order valence-corrected chi connectivity index (χ0v) is 17.1. The second-order valence-electron chi connectivity index (χ2n) is 6.35. The minimum Gasteiger partial charge on any atom is -0.494 e. The third kappa shape index (κ3) is 6.43. The number of halogens is 1. The fourth-order valence-corrected chi connectivity index (χ4v) is 3.18. The Labute approximate surface area is 174 Å². The number of rotatable bonds is 9. The molecule has 0 spiro atoms. The Bertz CT molecular complexity index is 900. The van der Waals surface area contributed by atoms with Crippen LogP contribution in [0.15, 0.2) is 83.3 Å². The summed E-state index contributed by atoms with van der Waals surface area (Å²) < 4.78 is 6.75. The summed E-state index contributed by atoms with van der Waals surface area (Å²) in [6.07, 6.45) is 1.93. The van der Waals surface area contributed by atoms with Gasteiger partial charge < -0.3 is 15.4 Å². The van der Waals surface area contributed by atoms with Crippen molar-refractivity contribution >= 4 is 33.2 Å². The number of aryl methyl sites for hydroxylation is 1. The lowest BCUT2D eigenvalue weighted by Gasteiger charge is -2.11. The quantitative estimate of drug-likeness (QED) is 0.432. The van der Waals surface area contributed by atoms with Crippen LogP contribution >= 0.6 is 15.9 Å². The zero-order valence-electron chi connectivity index (χ0n) is 15.5. The molecule has 5 heteroatoms. The van der Waals surface area contributed by atoms with E-state index in [4.69, 9.17) is 4.74 Å². The summed E-state index contributed by atoms with van der Waals surface area (Å²) in [5.74, 6) is 0.640. The summed E-state index contributed by atoms with van der Waals surface area (Å²) in [5.41, 5.74) is 2.91. The van der Waals surface area contributed by atoms with E-state index in [-0.39, 0.29) is 12.5 Å². The first-order valence-electron chi connectivity index (χ1n) is 9.26. The highest BCUT2D eigenvalue weighted by atomic mass is 79.9. The molecule has 0 aromatic heterocycles. The number of carbonyl (C=O) groups excluding carboxylic acids is 1. The highest BCUT2D eigenvalue weighted by Crippen LogP contribution is 2.21. The number of nitrogens with one attached hydrogen (secondary N) is 2. The first-order valence-corrected chi connectivity index (χ1v) is 10.0. The van der Waals surface area contributed by atoms with Gasteiger partial charge >= 0.3 is 0 Å². The lowest BCUT2D eigenvalue weighted by atomic mass is 10.1. The number of amides is 1. The molecule has 0 unspecified atom stereocenters. The van der Waals surface area contributed by atoms with E-state index in [1.807, 2.05) is 66.7 Å². The van der Waals surface area contributed by atoms with Crippen molar-refractivity contribution in [1.82, 2.24) is 0 Å².